The molecule has 19 heavy (non-hydrogen) atoms. The molecule has 0 bridgehead atoms. The van der Waals surface area contributed by atoms with Crippen LogP contribution in [0.25, 0.3) is 0 Å². The third-order valence-corrected chi connectivity index (χ3v) is 3.56. The van der Waals surface area contributed by atoms with Gasteiger partial charge < -0.3 is 15.8 Å². The van der Waals surface area contributed by atoms with Crippen molar-refractivity contribution in [3.05, 3.63) is 12.1 Å². The van der Waals surface area contributed by atoms with Crippen LogP contribution < -0.4 is 15.8 Å². The predicted octanol–water partition coefficient (Wildman–Crippen LogP) is 3.40. The number of pyridine rings is 1. The molecule has 3 N–H and O–H groups in total. The van der Waals surface area contributed by atoms with Gasteiger partial charge in [-0.3, -0.25) is 0 Å². The first-order valence-electron chi connectivity index (χ1n) is 6.91. The van der Waals surface area contributed by atoms with Crippen molar-refractivity contribution >= 4 is 23.3 Å². The fourth-order valence-electron chi connectivity index (χ4n) is 1.58. The maximum absolute atomic E-state index is 5.84. The highest BCUT2D eigenvalue weighted by molar-refractivity contribution is 7.99. The third-order valence-electron chi connectivity index (χ3n) is 2.63. The molecule has 108 valence electrons. The molecule has 1 atom stereocenters. The fourth-order valence-corrected chi connectivity index (χ4v) is 2.38. The zero-order chi connectivity index (χ0) is 14.1. The number of anilines is 2. The summed E-state index contributed by atoms with van der Waals surface area (Å²) >= 11 is 1.96. The number of thioether (sulfide) groups is 1. The average Bonchev–Trinajstić information content (AvgIpc) is 2.39. The smallest absolute Gasteiger partial charge is 0.239 e. The van der Waals surface area contributed by atoms with E-state index in [1.54, 1.807) is 0 Å². The summed E-state index contributed by atoms with van der Waals surface area (Å²) < 4.78 is 5.53. The van der Waals surface area contributed by atoms with Crippen LogP contribution in [0, 0.1) is 0 Å². The van der Waals surface area contributed by atoms with Crippen LogP contribution in [0.1, 0.15) is 33.6 Å². The second-order valence-corrected chi connectivity index (χ2v) is 5.86. The number of rotatable bonds is 9. The summed E-state index contributed by atoms with van der Waals surface area (Å²) in [6, 6.07) is 4.14. The lowest BCUT2D eigenvalue weighted by Crippen LogP contribution is -2.17. The lowest BCUT2D eigenvalue weighted by Gasteiger charge is -2.15. The normalized spacial score (nSPS) is 12.2. The number of nitrogens with two attached hydrogens (primary N) is 1. The van der Waals surface area contributed by atoms with Gasteiger partial charge in [-0.2, -0.15) is 16.7 Å². The number of ether oxygens (including phenoxy) is 1. The molecule has 0 saturated heterocycles. The van der Waals surface area contributed by atoms with Gasteiger partial charge in [0.15, 0.2) is 0 Å². The highest BCUT2D eigenvalue weighted by Crippen LogP contribution is 2.21. The van der Waals surface area contributed by atoms with Gasteiger partial charge in [-0.05, 0) is 43.4 Å². The Morgan fingerprint density at radius 2 is 2.21 bits per heavy atom. The summed E-state index contributed by atoms with van der Waals surface area (Å²) in [5.74, 6) is 3.69. The summed E-state index contributed by atoms with van der Waals surface area (Å²) in [6.45, 7) is 7.05. The predicted molar refractivity (Wildman–Crippen MR) is 85.1 cm³/mol. The minimum absolute atomic E-state index is 0.397. The van der Waals surface area contributed by atoms with Crippen LogP contribution >= 0.6 is 11.8 Å². The number of nitrogen functional groups attached to an aromatic ring is 1. The molecular weight excluding hydrogens is 258 g/mol. The fraction of sp³-hybridized carbons (Fsp3) is 0.643. The number of hydrogen-bond donors (Lipinski definition) is 2. The number of nitrogens with zero attached hydrogens (tertiary/aromatic N) is 1. The standard InChI is InChI=1S/C14H25N3OS/c1-4-9-18-14-12(15)6-7-13(17-14)16-11(3)8-10-19-5-2/h6-7,11H,4-5,8-10,15H2,1-3H3,(H,16,17). The lowest BCUT2D eigenvalue weighted by atomic mass is 10.2. The molecule has 0 spiro atoms. The van der Waals surface area contributed by atoms with Crippen molar-refractivity contribution in [1.29, 1.82) is 0 Å². The number of hydrogen-bond acceptors (Lipinski definition) is 5. The maximum Gasteiger partial charge on any atom is 0.239 e. The monoisotopic (exact) mass is 283 g/mol. The molecule has 0 saturated carbocycles. The molecular formula is C14H25N3OS. The molecule has 0 radical (unpaired) electrons. The van der Waals surface area contributed by atoms with E-state index in [4.69, 9.17) is 10.5 Å². The van der Waals surface area contributed by atoms with Gasteiger partial charge in [0.1, 0.15) is 5.82 Å². The number of aromatic nitrogens is 1. The Morgan fingerprint density at radius 3 is 2.89 bits per heavy atom. The van der Waals surface area contributed by atoms with E-state index in [0.717, 1.165) is 18.7 Å². The Kier molecular flexibility index (Phi) is 7.48. The summed E-state index contributed by atoms with van der Waals surface area (Å²) in [6.07, 6.45) is 2.07. The Bertz CT molecular complexity index is 374. The van der Waals surface area contributed by atoms with E-state index >= 15 is 0 Å². The highest BCUT2D eigenvalue weighted by atomic mass is 32.2. The molecule has 0 aliphatic carbocycles. The lowest BCUT2D eigenvalue weighted by molar-refractivity contribution is 0.307. The van der Waals surface area contributed by atoms with Gasteiger partial charge in [-0.15, -0.1) is 0 Å². The van der Waals surface area contributed by atoms with Crippen LogP contribution in [0.2, 0.25) is 0 Å². The quantitative estimate of drug-likeness (QED) is 0.680. The van der Waals surface area contributed by atoms with E-state index in [9.17, 15) is 0 Å². The molecule has 0 aromatic carbocycles. The second-order valence-electron chi connectivity index (χ2n) is 4.47. The van der Waals surface area contributed by atoms with Gasteiger partial charge in [0.25, 0.3) is 0 Å². The molecule has 1 aromatic rings. The van der Waals surface area contributed by atoms with E-state index in [1.165, 1.54) is 11.5 Å². The zero-order valence-corrected chi connectivity index (χ0v) is 12.9. The molecule has 1 heterocycles. The van der Waals surface area contributed by atoms with Crippen molar-refractivity contribution in [2.45, 2.75) is 39.7 Å². The van der Waals surface area contributed by atoms with E-state index in [2.05, 4.69) is 31.1 Å². The Morgan fingerprint density at radius 1 is 1.42 bits per heavy atom. The van der Waals surface area contributed by atoms with Gasteiger partial charge >= 0.3 is 0 Å². The average molecular weight is 283 g/mol. The molecule has 1 aromatic heterocycles. The number of nitrogens with one attached hydrogen (secondary N) is 1. The van der Waals surface area contributed by atoms with Crippen molar-refractivity contribution in [3.8, 4) is 5.88 Å². The molecule has 1 rings (SSSR count). The molecule has 0 amide bonds. The molecule has 1 unspecified atom stereocenters. The first-order valence-corrected chi connectivity index (χ1v) is 8.06. The van der Waals surface area contributed by atoms with Crippen molar-refractivity contribution in [2.24, 2.45) is 0 Å². The van der Waals surface area contributed by atoms with Gasteiger partial charge in [0, 0.05) is 6.04 Å². The topological polar surface area (TPSA) is 60.2 Å². The van der Waals surface area contributed by atoms with Crippen molar-refractivity contribution < 1.29 is 4.74 Å². The summed E-state index contributed by atoms with van der Waals surface area (Å²) in [5.41, 5.74) is 6.43. The first kappa shape index (κ1) is 16.0. The maximum atomic E-state index is 5.84. The zero-order valence-electron chi connectivity index (χ0n) is 12.1. The van der Waals surface area contributed by atoms with Crippen LogP contribution in [0.15, 0.2) is 12.1 Å². The summed E-state index contributed by atoms with van der Waals surface area (Å²) in [7, 11) is 0. The van der Waals surface area contributed by atoms with Crippen LogP contribution in [0.3, 0.4) is 0 Å². The third kappa shape index (κ3) is 6.05. The van der Waals surface area contributed by atoms with E-state index < -0.39 is 0 Å². The molecule has 4 nitrogen and oxygen atoms in total. The van der Waals surface area contributed by atoms with E-state index in [1.807, 2.05) is 23.9 Å². The van der Waals surface area contributed by atoms with Crippen LogP contribution in [-0.2, 0) is 0 Å². The summed E-state index contributed by atoms with van der Waals surface area (Å²) in [5, 5.41) is 3.38. The summed E-state index contributed by atoms with van der Waals surface area (Å²) in [4.78, 5) is 4.41. The van der Waals surface area contributed by atoms with Gasteiger partial charge in [-0.25, -0.2) is 0 Å². The van der Waals surface area contributed by atoms with Gasteiger partial charge in [-0.1, -0.05) is 13.8 Å². The van der Waals surface area contributed by atoms with Crippen LogP contribution in [0.4, 0.5) is 11.5 Å². The van der Waals surface area contributed by atoms with Crippen molar-refractivity contribution in [1.82, 2.24) is 4.98 Å². The Hall–Kier alpha value is -1.10. The SMILES string of the molecule is CCCOc1nc(NC(C)CCSCC)ccc1N. The largest absolute Gasteiger partial charge is 0.476 e. The Labute approximate surface area is 120 Å². The second kappa shape index (κ2) is 8.91. The molecule has 0 aliphatic rings. The molecule has 5 heteroatoms. The Balaban J connectivity index is 2.53. The van der Waals surface area contributed by atoms with E-state index in [-0.39, 0.29) is 0 Å². The van der Waals surface area contributed by atoms with Gasteiger partial charge in [0.05, 0.1) is 12.3 Å². The van der Waals surface area contributed by atoms with Crippen LogP contribution in [-0.4, -0.2) is 29.1 Å². The van der Waals surface area contributed by atoms with E-state index in [0.29, 0.717) is 24.2 Å². The van der Waals surface area contributed by atoms with Crippen molar-refractivity contribution in [2.75, 3.05) is 29.2 Å². The van der Waals surface area contributed by atoms with Crippen LogP contribution in [0.5, 0.6) is 5.88 Å². The molecule has 0 fully saturated rings. The minimum Gasteiger partial charge on any atom is -0.476 e. The molecule has 0 aliphatic heterocycles. The minimum atomic E-state index is 0.397. The first-order chi connectivity index (χ1) is 9.17. The van der Waals surface area contributed by atoms with Gasteiger partial charge in [0.2, 0.25) is 5.88 Å². The highest BCUT2D eigenvalue weighted by Gasteiger charge is 2.07. The van der Waals surface area contributed by atoms with Crippen molar-refractivity contribution in [3.63, 3.8) is 0 Å².